The van der Waals surface area contributed by atoms with E-state index in [2.05, 4.69) is 16.0 Å². The first kappa shape index (κ1) is 19.8. The molecule has 0 N–H and O–H groups in total. The Bertz CT molecular complexity index is 1110. The van der Waals surface area contributed by atoms with E-state index in [4.69, 9.17) is 18.9 Å². The molecule has 1 unspecified atom stereocenters. The van der Waals surface area contributed by atoms with E-state index in [0.29, 0.717) is 31.0 Å². The molecule has 0 amide bonds. The van der Waals surface area contributed by atoms with Crippen molar-refractivity contribution in [2.24, 2.45) is 0 Å². The van der Waals surface area contributed by atoms with Crippen LogP contribution in [0.2, 0.25) is 0 Å². The van der Waals surface area contributed by atoms with Gasteiger partial charge in [0, 0.05) is 35.1 Å². The largest absolute Gasteiger partial charge is 0.497 e. The zero-order valence-corrected chi connectivity index (χ0v) is 17.2. The third-order valence-electron chi connectivity index (χ3n) is 5.35. The van der Waals surface area contributed by atoms with Crippen molar-refractivity contribution in [3.05, 3.63) is 53.7 Å². The smallest absolute Gasteiger partial charge is 0.136 e. The Labute approximate surface area is 175 Å². The zero-order chi connectivity index (χ0) is 21.1. The number of anilines is 1. The molecule has 1 aliphatic rings. The topological polar surface area (TPSA) is 76.8 Å². The van der Waals surface area contributed by atoms with Gasteiger partial charge < -0.3 is 23.8 Å². The van der Waals surface area contributed by atoms with Crippen molar-refractivity contribution in [2.75, 3.05) is 45.9 Å². The molecule has 1 fully saturated rings. The molecule has 0 aliphatic carbocycles. The quantitative estimate of drug-likeness (QED) is 0.640. The maximum Gasteiger partial charge on any atom is 0.136 e. The Hall–Kier alpha value is -3.50. The summed E-state index contributed by atoms with van der Waals surface area (Å²) in [4.78, 5) is 6.80. The van der Waals surface area contributed by atoms with Gasteiger partial charge in [0.1, 0.15) is 35.2 Å². The minimum atomic E-state index is -0.176. The van der Waals surface area contributed by atoms with Crippen molar-refractivity contribution in [2.45, 2.75) is 6.10 Å². The number of fused-ring (bicyclic) bond motifs is 1. The van der Waals surface area contributed by atoms with E-state index in [0.717, 1.165) is 33.7 Å². The molecule has 0 bridgehead atoms. The average molecular weight is 405 g/mol. The van der Waals surface area contributed by atoms with Crippen LogP contribution in [0.4, 0.5) is 5.82 Å². The molecule has 1 aromatic heterocycles. The van der Waals surface area contributed by atoms with Crippen LogP contribution in [0.15, 0.2) is 42.6 Å². The fraction of sp³-hybridized carbons (Fsp3) is 0.304. The normalized spacial score (nSPS) is 16.2. The third kappa shape index (κ3) is 3.58. The van der Waals surface area contributed by atoms with Gasteiger partial charge in [-0.05, 0) is 30.3 Å². The summed E-state index contributed by atoms with van der Waals surface area (Å²) in [7, 11) is 4.88. The van der Waals surface area contributed by atoms with Crippen molar-refractivity contribution in [3.8, 4) is 23.3 Å². The molecular weight excluding hydrogens is 382 g/mol. The highest BCUT2D eigenvalue weighted by Crippen LogP contribution is 2.36. The van der Waals surface area contributed by atoms with Crippen LogP contribution in [-0.2, 0) is 4.74 Å². The molecule has 1 saturated heterocycles. The first-order valence-corrected chi connectivity index (χ1v) is 9.63. The van der Waals surface area contributed by atoms with E-state index in [9.17, 15) is 5.26 Å². The van der Waals surface area contributed by atoms with Crippen LogP contribution >= 0.6 is 0 Å². The lowest BCUT2D eigenvalue weighted by Crippen LogP contribution is -2.39. The van der Waals surface area contributed by atoms with Crippen LogP contribution in [0, 0.1) is 11.3 Å². The van der Waals surface area contributed by atoms with Crippen LogP contribution in [-0.4, -0.2) is 46.0 Å². The second-order valence-corrected chi connectivity index (χ2v) is 6.93. The fourth-order valence-corrected chi connectivity index (χ4v) is 3.79. The summed E-state index contributed by atoms with van der Waals surface area (Å²) < 4.78 is 22.3. The number of morpholine rings is 1. The van der Waals surface area contributed by atoms with E-state index >= 15 is 0 Å². The van der Waals surface area contributed by atoms with Gasteiger partial charge in [-0.1, -0.05) is 0 Å². The Morgan fingerprint density at radius 1 is 1.03 bits per heavy atom. The van der Waals surface area contributed by atoms with Crippen molar-refractivity contribution in [3.63, 3.8) is 0 Å². The molecular formula is C23H23N3O4. The molecule has 7 heteroatoms. The van der Waals surface area contributed by atoms with E-state index in [1.54, 1.807) is 27.5 Å². The maximum absolute atomic E-state index is 9.50. The summed E-state index contributed by atoms with van der Waals surface area (Å²) in [6, 6.07) is 13.7. The highest BCUT2D eigenvalue weighted by atomic mass is 16.5. The maximum atomic E-state index is 9.50. The number of rotatable bonds is 5. The van der Waals surface area contributed by atoms with Crippen molar-refractivity contribution in [1.82, 2.24) is 4.98 Å². The van der Waals surface area contributed by atoms with Crippen LogP contribution in [0.1, 0.15) is 17.2 Å². The number of methoxy groups -OCH3 is 3. The number of hydrogen-bond acceptors (Lipinski definition) is 7. The molecule has 7 nitrogen and oxygen atoms in total. The van der Waals surface area contributed by atoms with E-state index in [-0.39, 0.29) is 6.10 Å². The van der Waals surface area contributed by atoms with Crippen molar-refractivity contribution < 1.29 is 18.9 Å². The Morgan fingerprint density at radius 2 is 1.80 bits per heavy atom. The molecule has 154 valence electrons. The molecule has 3 aromatic rings. The molecule has 1 atom stereocenters. The average Bonchev–Trinajstić information content (AvgIpc) is 2.82. The Balaban J connectivity index is 1.71. The summed E-state index contributed by atoms with van der Waals surface area (Å²) in [5.41, 5.74) is 1.48. The highest BCUT2D eigenvalue weighted by molar-refractivity contribution is 5.96. The van der Waals surface area contributed by atoms with Crippen LogP contribution in [0.5, 0.6) is 17.2 Å². The molecule has 2 heterocycles. The van der Waals surface area contributed by atoms with Crippen LogP contribution < -0.4 is 19.1 Å². The number of nitriles is 1. The molecule has 4 rings (SSSR count). The standard InChI is InChI=1S/C23H23N3O4/c1-27-16-4-6-18-20(10-16)15(12-24)13-25-23(18)26-8-9-30-22(14-26)19-7-5-17(28-2)11-21(19)29-3/h4-7,10-11,13,22H,8-9,14H2,1-3H3. The number of hydrogen-bond donors (Lipinski definition) is 0. The molecule has 0 spiro atoms. The summed E-state index contributed by atoms with van der Waals surface area (Å²) in [5, 5.41) is 11.2. The second kappa shape index (κ2) is 8.47. The van der Waals surface area contributed by atoms with Gasteiger partial charge in [0.15, 0.2) is 0 Å². The molecule has 0 radical (unpaired) electrons. The fourth-order valence-electron chi connectivity index (χ4n) is 3.79. The van der Waals surface area contributed by atoms with Gasteiger partial charge >= 0.3 is 0 Å². The van der Waals surface area contributed by atoms with E-state index < -0.39 is 0 Å². The van der Waals surface area contributed by atoms with Crippen LogP contribution in [0.25, 0.3) is 10.8 Å². The third-order valence-corrected chi connectivity index (χ3v) is 5.35. The molecule has 30 heavy (non-hydrogen) atoms. The van der Waals surface area contributed by atoms with Gasteiger partial charge in [0.2, 0.25) is 0 Å². The highest BCUT2D eigenvalue weighted by Gasteiger charge is 2.27. The SMILES string of the molecule is COc1ccc(C2CN(c3ncc(C#N)c4cc(OC)ccc34)CCO2)c(OC)c1. The van der Waals surface area contributed by atoms with Gasteiger partial charge in [-0.15, -0.1) is 0 Å². The van der Waals surface area contributed by atoms with Crippen LogP contribution in [0.3, 0.4) is 0 Å². The van der Waals surface area contributed by atoms with Gasteiger partial charge in [-0.3, -0.25) is 0 Å². The monoisotopic (exact) mass is 405 g/mol. The summed E-state index contributed by atoms with van der Waals surface area (Å²) in [5.74, 6) is 2.99. The first-order valence-electron chi connectivity index (χ1n) is 9.63. The first-order chi connectivity index (χ1) is 14.7. The molecule has 1 aliphatic heterocycles. The summed E-state index contributed by atoms with van der Waals surface area (Å²) >= 11 is 0. The summed E-state index contributed by atoms with van der Waals surface area (Å²) in [6.07, 6.45) is 1.44. The number of nitrogens with zero attached hydrogens (tertiary/aromatic N) is 3. The predicted molar refractivity (Wildman–Crippen MR) is 113 cm³/mol. The molecule has 2 aromatic carbocycles. The van der Waals surface area contributed by atoms with Gasteiger partial charge in [-0.25, -0.2) is 4.98 Å². The zero-order valence-electron chi connectivity index (χ0n) is 17.2. The van der Waals surface area contributed by atoms with Crippen molar-refractivity contribution >= 4 is 16.6 Å². The minimum absolute atomic E-state index is 0.176. The van der Waals surface area contributed by atoms with Gasteiger partial charge in [-0.2, -0.15) is 5.26 Å². The van der Waals surface area contributed by atoms with Gasteiger partial charge in [0.25, 0.3) is 0 Å². The number of aromatic nitrogens is 1. The number of ether oxygens (including phenoxy) is 4. The van der Waals surface area contributed by atoms with Gasteiger partial charge in [0.05, 0.1) is 40.0 Å². The van der Waals surface area contributed by atoms with Crippen molar-refractivity contribution in [1.29, 1.82) is 5.26 Å². The van der Waals surface area contributed by atoms with E-state index in [1.807, 2.05) is 36.4 Å². The lowest BCUT2D eigenvalue weighted by Gasteiger charge is -2.35. The molecule has 0 saturated carbocycles. The Kier molecular flexibility index (Phi) is 5.59. The predicted octanol–water partition coefficient (Wildman–Crippen LogP) is 3.71. The lowest BCUT2D eigenvalue weighted by molar-refractivity contribution is 0.0380. The Morgan fingerprint density at radius 3 is 2.53 bits per heavy atom. The number of pyridine rings is 1. The lowest BCUT2D eigenvalue weighted by atomic mass is 10.0. The summed E-state index contributed by atoms with van der Waals surface area (Å²) in [6.45, 7) is 1.87. The minimum Gasteiger partial charge on any atom is -0.497 e. The van der Waals surface area contributed by atoms with E-state index in [1.165, 1.54) is 0 Å². The number of benzene rings is 2. The second-order valence-electron chi connectivity index (χ2n) is 6.93.